The molecular formula is C10H16N2. The van der Waals surface area contributed by atoms with Crippen molar-refractivity contribution in [2.24, 2.45) is 11.8 Å². The van der Waals surface area contributed by atoms with Gasteiger partial charge in [0.2, 0.25) is 0 Å². The highest BCUT2D eigenvalue weighted by atomic mass is 14.3. The molecule has 12 heavy (non-hydrogen) atoms. The summed E-state index contributed by atoms with van der Waals surface area (Å²) in [5.74, 6) is 0.732. The Kier molecular flexibility index (Phi) is 6.11. The van der Waals surface area contributed by atoms with Crippen LogP contribution in [0.4, 0.5) is 0 Å². The molecule has 0 N–H and O–H groups in total. The fourth-order valence-corrected chi connectivity index (χ4v) is 1.30. The summed E-state index contributed by atoms with van der Waals surface area (Å²) in [6, 6.07) is 4.35. The first-order valence-electron chi connectivity index (χ1n) is 4.47. The van der Waals surface area contributed by atoms with Crippen LogP contribution < -0.4 is 0 Å². The van der Waals surface area contributed by atoms with Crippen molar-refractivity contribution >= 4 is 0 Å². The monoisotopic (exact) mass is 164 g/mol. The first-order chi connectivity index (χ1) is 5.70. The van der Waals surface area contributed by atoms with Crippen molar-refractivity contribution in [3.63, 3.8) is 0 Å². The van der Waals surface area contributed by atoms with Crippen LogP contribution in [-0.2, 0) is 0 Å². The van der Waals surface area contributed by atoms with E-state index in [1.165, 1.54) is 0 Å². The topological polar surface area (TPSA) is 47.6 Å². The third-order valence-electron chi connectivity index (χ3n) is 1.96. The van der Waals surface area contributed by atoms with Crippen LogP contribution in [0.3, 0.4) is 0 Å². The van der Waals surface area contributed by atoms with E-state index in [1.807, 2.05) is 6.92 Å². The van der Waals surface area contributed by atoms with Gasteiger partial charge in [-0.2, -0.15) is 10.5 Å². The van der Waals surface area contributed by atoms with E-state index in [9.17, 15) is 0 Å². The first-order valence-corrected chi connectivity index (χ1v) is 4.47. The third-order valence-corrected chi connectivity index (χ3v) is 1.96. The van der Waals surface area contributed by atoms with E-state index in [0.29, 0.717) is 12.3 Å². The second-order valence-electron chi connectivity index (χ2n) is 3.42. The van der Waals surface area contributed by atoms with Gasteiger partial charge in [0.05, 0.1) is 12.1 Å². The van der Waals surface area contributed by atoms with Crippen LogP contribution in [-0.4, -0.2) is 0 Å². The average Bonchev–Trinajstić information content (AvgIpc) is 2.05. The van der Waals surface area contributed by atoms with Crippen molar-refractivity contribution in [3.05, 3.63) is 0 Å². The molecule has 0 aliphatic carbocycles. The van der Waals surface area contributed by atoms with Gasteiger partial charge in [0.15, 0.2) is 0 Å². The highest BCUT2D eigenvalue weighted by Crippen LogP contribution is 2.16. The van der Waals surface area contributed by atoms with E-state index in [-0.39, 0.29) is 5.92 Å². The summed E-state index contributed by atoms with van der Waals surface area (Å²) in [6.45, 7) is 4.09. The maximum atomic E-state index is 8.55. The largest absolute Gasteiger partial charge is 0.198 e. The van der Waals surface area contributed by atoms with E-state index in [2.05, 4.69) is 19.1 Å². The summed E-state index contributed by atoms with van der Waals surface area (Å²) in [4.78, 5) is 0. The number of nitriles is 2. The van der Waals surface area contributed by atoms with Crippen LogP contribution in [0.25, 0.3) is 0 Å². The molecule has 66 valence electrons. The Morgan fingerprint density at radius 1 is 1.25 bits per heavy atom. The van der Waals surface area contributed by atoms with E-state index in [0.717, 1.165) is 19.3 Å². The molecule has 2 nitrogen and oxygen atoms in total. The molecule has 0 radical (unpaired) electrons. The predicted octanol–water partition coefficient (Wildman–Crippen LogP) is 2.87. The van der Waals surface area contributed by atoms with Crippen molar-refractivity contribution in [1.82, 2.24) is 0 Å². The molecule has 0 amide bonds. The fourth-order valence-electron chi connectivity index (χ4n) is 1.30. The molecule has 2 heteroatoms. The van der Waals surface area contributed by atoms with Gasteiger partial charge in [-0.1, -0.05) is 6.92 Å². The molecular weight excluding hydrogens is 148 g/mol. The van der Waals surface area contributed by atoms with Gasteiger partial charge in [0.1, 0.15) is 0 Å². The number of hydrogen-bond acceptors (Lipinski definition) is 2. The number of nitrogens with zero attached hydrogens (tertiary/aromatic N) is 2. The molecule has 0 fully saturated rings. The van der Waals surface area contributed by atoms with Crippen molar-refractivity contribution in [1.29, 1.82) is 10.5 Å². The van der Waals surface area contributed by atoms with Crippen molar-refractivity contribution in [3.8, 4) is 12.1 Å². The summed E-state index contributed by atoms with van der Waals surface area (Å²) in [5, 5.41) is 16.9. The summed E-state index contributed by atoms with van der Waals surface area (Å²) < 4.78 is 0. The summed E-state index contributed by atoms with van der Waals surface area (Å²) in [6.07, 6.45) is 3.64. The van der Waals surface area contributed by atoms with Crippen LogP contribution in [0.1, 0.15) is 39.5 Å². The Hall–Kier alpha value is -1.02. The molecule has 0 aromatic heterocycles. The molecule has 0 saturated heterocycles. The fraction of sp³-hybridized carbons (Fsp3) is 0.800. The van der Waals surface area contributed by atoms with Crippen LogP contribution >= 0.6 is 0 Å². The molecule has 0 aliphatic heterocycles. The lowest BCUT2D eigenvalue weighted by Gasteiger charge is -2.10. The highest BCUT2D eigenvalue weighted by molar-refractivity contribution is 4.80. The molecule has 0 rings (SSSR count). The third kappa shape index (κ3) is 5.74. The van der Waals surface area contributed by atoms with Gasteiger partial charge >= 0.3 is 0 Å². The second-order valence-corrected chi connectivity index (χ2v) is 3.42. The lowest BCUT2D eigenvalue weighted by molar-refractivity contribution is 0.433. The molecule has 2 atom stereocenters. The molecule has 0 heterocycles. The molecule has 0 bridgehead atoms. The normalized spacial score (nSPS) is 14.3. The summed E-state index contributed by atoms with van der Waals surface area (Å²) in [7, 11) is 0. The molecule has 0 aromatic rings. The molecule has 2 unspecified atom stereocenters. The Labute approximate surface area is 74.8 Å². The minimum atomic E-state index is 0.155. The SMILES string of the molecule is CC(C#N)CC(C)CCCC#N. The minimum absolute atomic E-state index is 0.155. The van der Waals surface area contributed by atoms with Crippen molar-refractivity contribution in [2.75, 3.05) is 0 Å². The molecule has 0 saturated carbocycles. The average molecular weight is 164 g/mol. The number of unbranched alkanes of at least 4 members (excludes halogenated alkanes) is 1. The van der Waals surface area contributed by atoms with Gasteiger partial charge in [0, 0.05) is 12.3 Å². The molecule has 0 spiro atoms. The summed E-state index contributed by atoms with van der Waals surface area (Å²) in [5.41, 5.74) is 0. The van der Waals surface area contributed by atoms with Gasteiger partial charge in [-0.3, -0.25) is 0 Å². The van der Waals surface area contributed by atoms with Gasteiger partial charge in [-0.05, 0) is 32.1 Å². The zero-order valence-electron chi connectivity index (χ0n) is 7.88. The Morgan fingerprint density at radius 3 is 2.42 bits per heavy atom. The number of hydrogen-bond donors (Lipinski definition) is 0. The van der Waals surface area contributed by atoms with E-state index < -0.39 is 0 Å². The summed E-state index contributed by atoms with van der Waals surface area (Å²) >= 11 is 0. The standard InChI is InChI=1S/C10H16N2/c1-9(5-3-4-6-11)7-10(2)8-12/h9-10H,3-5,7H2,1-2H3. The Balaban J connectivity index is 3.42. The second kappa shape index (κ2) is 6.68. The first kappa shape index (κ1) is 11.0. The quantitative estimate of drug-likeness (QED) is 0.586. The van der Waals surface area contributed by atoms with Gasteiger partial charge in [0.25, 0.3) is 0 Å². The van der Waals surface area contributed by atoms with E-state index in [1.54, 1.807) is 0 Å². The Morgan fingerprint density at radius 2 is 1.92 bits per heavy atom. The van der Waals surface area contributed by atoms with Crippen LogP contribution in [0.15, 0.2) is 0 Å². The number of rotatable bonds is 5. The van der Waals surface area contributed by atoms with Crippen molar-refractivity contribution < 1.29 is 0 Å². The van der Waals surface area contributed by atoms with Gasteiger partial charge in [-0.15, -0.1) is 0 Å². The maximum absolute atomic E-state index is 8.55. The smallest absolute Gasteiger partial charge is 0.0652 e. The molecule has 0 aliphatic rings. The van der Waals surface area contributed by atoms with Gasteiger partial charge < -0.3 is 0 Å². The maximum Gasteiger partial charge on any atom is 0.0652 e. The van der Waals surface area contributed by atoms with Crippen LogP contribution in [0, 0.1) is 34.5 Å². The zero-order valence-corrected chi connectivity index (χ0v) is 7.88. The van der Waals surface area contributed by atoms with Gasteiger partial charge in [-0.25, -0.2) is 0 Å². The van der Waals surface area contributed by atoms with Crippen molar-refractivity contribution in [2.45, 2.75) is 39.5 Å². The minimum Gasteiger partial charge on any atom is -0.198 e. The van der Waals surface area contributed by atoms with Crippen LogP contribution in [0.2, 0.25) is 0 Å². The van der Waals surface area contributed by atoms with E-state index in [4.69, 9.17) is 10.5 Å². The lowest BCUT2D eigenvalue weighted by Crippen LogP contribution is -2.00. The highest BCUT2D eigenvalue weighted by Gasteiger charge is 2.06. The molecule has 0 aromatic carbocycles. The lowest BCUT2D eigenvalue weighted by atomic mass is 9.94. The van der Waals surface area contributed by atoms with E-state index >= 15 is 0 Å². The Bertz CT molecular complexity index is 185. The van der Waals surface area contributed by atoms with Crippen LogP contribution in [0.5, 0.6) is 0 Å². The predicted molar refractivity (Wildman–Crippen MR) is 48.0 cm³/mol. The zero-order chi connectivity index (χ0) is 9.40.